The number of ether oxygens (including phenoxy) is 3. The molecule has 2 rings (SSSR count). The van der Waals surface area contributed by atoms with Crippen molar-refractivity contribution in [3.05, 3.63) is 29.2 Å². The molecule has 0 unspecified atom stereocenters. The molecule has 0 fully saturated rings. The molecule has 2 aromatic heterocycles. The topological polar surface area (TPSA) is 79.1 Å². The van der Waals surface area contributed by atoms with E-state index in [9.17, 15) is 9.59 Å². The molecule has 0 bridgehead atoms. The number of rotatable bonds is 6. The van der Waals surface area contributed by atoms with E-state index in [1.807, 2.05) is 0 Å². The van der Waals surface area contributed by atoms with Crippen LogP contribution in [0.2, 0.25) is 5.02 Å². The third-order valence-corrected chi connectivity index (χ3v) is 2.88. The maximum Gasteiger partial charge on any atom is 0.356 e. The second-order valence-corrected chi connectivity index (χ2v) is 4.61. The maximum atomic E-state index is 11.9. The van der Waals surface area contributed by atoms with E-state index >= 15 is 0 Å². The van der Waals surface area contributed by atoms with E-state index in [4.69, 9.17) is 25.8 Å². The molecule has 0 aliphatic rings. The van der Waals surface area contributed by atoms with E-state index in [-0.39, 0.29) is 31.3 Å². The van der Waals surface area contributed by atoms with Gasteiger partial charge in [0, 0.05) is 12.3 Å². The quantitative estimate of drug-likeness (QED) is 0.756. The lowest BCUT2D eigenvalue weighted by Crippen LogP contribution is -2.15. The summed E-state index contributed by atoms with van der Waals surface area (Å²) in [6.45, 7) is 3.66. The van der Waals surface area contributed by atoms with E-state index in [0.717, 1.165) is 0 Å². The number of hydrogen-bond acceptors (Lipinski definition) is 6. The normalized spacial score (nSPS) is 10.5. The second kappa shape index (κ2) is 7.13. The second-order valence-electron chi connectivity index (χ2n) is 4.17. The van der Waals surface area contributed by atoms with Crippen LogP contribution in [0.5, 0.6) is 5.75 Å². The van der Waals surface area contributed by atoms with Crippen LogP contribution in [0, 0.1) is 0 Å². The number of carbonyl (C=O) groups is 2. The van der Waals surface area contributed by atoms with Gasteiger partial charge in [-0.2, -0.15) is 0 Å². The van der Waals surface area contributed by atoms with Gasteiger partial charge in [0.15, 0.2) is 23.7 Å². The zero-order valence-corrected chi connectivity index (χ0v) is 12.9. The van der Waals surface area contributed by atoms with Crippen molar-refractivity contribution in [2.75, 3.05) is 19.8 Å². The Morgan fingerprint density at radius 3 is 2.68 bits per heavy atom. The van der Waals surface area contributed by atoms with E-state index in [0.29, 0.717) is 10.7 Å². The van der Waals surface area contributed by atoms with Gasteiger partial charge in [0.05, 0.1) is 24.4 Å². The first-order valence-corrected chi connectivity index (χ1v) is 7.06. The minimum atomic E-state index is -0.520. The van der Waals surface area contributed by atoms with Crippen LogP contribution in [0.1, 0.15) is 24.3 Å². The van der Waals surface area contributed by atoms with Gasteiger partial charge in [-0.3, -0.25) is 4.40 Å². The molecule has 0 amide bonds. The fourth-order valence-corrected chi connectivity index (χ4v) is 2.02. The number of halogens is 1. The molecule has 0 aromatic carbocycles. The summed E-state index contributed by atoms with van der Waals surface area (Å²) in [6, 6.07) is 1.51. The van der Waals surface area contributed by atoms with Gasteiger partial charge in [-0.25, -0.2) is 14.6 Å². The summed E-state index contributed by atoms with van der Waals surface area (Å²) < 4.78 is 16.6. The van der Waals surface area contributed by atoms with Crippen LogP contribution < -0.4 is 4.74 Å². The highest BCUT2D eigenvalue weighted by Crippen LogP contribution is 2.25. The molecule has 2 heterocycles. The lowest BCUT2D eigenvalue weighted by atomic mass is 10.4. The Labute approximate surface area is 131 Å². The number of hydrogen-bond donors (Lipinski definition) is 0. The van der Waals surface area contributed by atoms with Gasteiger partial charge in [0.2, 0.25) is 0 Å². The third-order valence-electron chi connectivity index (χ3n) is 2.67. The van der Waals surface area contributed by atoms with Gasteiger partial charge in [0.1, 0.15) is 0 Å². The van der Waals surface area contributed by atoms with Crippen LogP contribution in [0.25, 0.3) is 5.65 Å². The summed E-state index contributed by atoms with van der Waals surface area (Å²) in [5, 5.41) is 0.329. The Morgan fingerprint density at radius 1 is 1.27 bits per heavy atom. The van der Waals surface area contributed by atoms with Crippen molar-refractivity contribution in [2.45, 2.75) is 13.8 Å². The van der Waals surface area contributed by atoms with Crippen molar-refractivity contribution in [1.82, 2.24) is 9.38 Å². The fraction of sp³-hybridized carbons (Fsp3) is 0.357. The first-order chi connectivity index (χ1) is 10.6. The van der Waals surface area contributed by atoms with Gasteiger partial charge < -0.3 is 14.2 Å². The molecule has 0 aliphatic heterocycles. The third kappa shape index (κ3) is 3.48. The highest BCUT2D eigenvalue weighted by molar-refractivity contribution is 6.30. The molecule has 8 heteroatoms. The summed E-state index contributed by atoms with van der Waals surface area (Å²) in [5.41, 5.74) is 0.581. The zero-order chi connectivity index (χ0) is 16.1. The number of aromatic nitrogens is 2. The van der Waals surface area contributed by atoms with Crippen molar-refractivity contribution in [2.24, 2.45) is 0 Å². The van der Waals surface area contributed by atoms with Crippen LogP contribution >= 0.6 is 11.6 Å². The van der Waals surface area contributed by atoms with Crippen LogP contribution in [0.4, 0.5) is 0 Å². The largest absolute Gasteiger partial charge is 0.478 e. The highest BCUT2D eigenvalue weighted by atomic mass is 35.5. The summed E-state index contributed by atoms with van der Waals surface area (Å²) in [5.74, 6) is -0.748. The number of carbonyl (C=O) groups excluding carboxylic acids is 2. The van der Waals surface area contributed by atoms with Crippen molar-refractivity contribution in [1.29, 1.82) is 0 Å². The average molecular weight is 327 g/mol. The number of imidazole rings is 1. The van der Waals surface area contributed by atoms with Gasteiger partial charge in [-0.15, -0.1) is 0 Å². The summed E-state index contributed by atoms with van der Waals surface area (Å²) in [4.78, 5) is 27.3. The smallest absolute Gasteiger partial charge is 0.356 e. The Kier molecular flexibility index (Phi) is 5.21. The molecule has 0 atom stereocenters. The summed E-state index contributed by atoms with van der Waals surface area (Å²) in [6.07, 6.45) is 2.88. The monoisotopic (exact) mass is 326 g/mol. The van der Waals surface area contributed by atoms with Gasteiger partial charge in [0.25, 0.3) is 0 Å². The van der Waals surface area contributed by atoms with E-state index in [2.05, 4.69) is 4.98 Å². The Hall–Kier alpha value is -2.28. The average Bonchev–Trinajstić information content (AvgIpc) is 2.89. The number of nitrogens with zero attached hydrogens (tertiary/aromatic N) is 2. The van der Waals surface area contributed by atoms with Gasteiger partial charge >= 0.3 is 11.9 Å². The van der Waals surface area contributed by atoms with E-state index in [1.54, 1.807) is 13.8 Å². The lowest BCUT2D eigenvalue weighted by Gasteiger charge is -2.08. The van der Waals surface area contributed by atoms with Gasteiger partial charge in [-0.1, -0.05) is 11.6 Å². The Morgan fingerprint density at radius 2 is 2.00 bits per heavy atom. The molecule has 118 valence electrons. The lowest BCUT2D eigenvalue weighted by molar-refractivity contribution is -0.145. The summed E-state index contributed by atoms with van der Waals surface area (Å²) in [7, 11) is 0. The SMILES string of the molecule is CCOC(=O)COc1cc(Cl)cn2c(C(=O)OCC)cnc12. The van der Waals surface area contributed by atoms with E-state index < -0.39 is 11.9 Å². The zero-order valence-electron chi connectivity index (χ0n) is 12.2. The predicted octanol–water partition coefficient (Wildman–Crippen LogP) is 2.11. The minimum Gasteiger partial charge on any atom is -0.478 e. The van der Waals surface area contributed by atoms with Gasteiger partial charge in [-0.05, 0) is 13.8 Å². The molecule has 0 aliphatic carbocycles. The van der Waals surface area contributed by atoms with Crippen molar-refractivity contribution in [3.8, 4) is 5.75 Å². The van der Waals surface area contributed by atoms with Crippen LogP contribution in [-0.2, 0) is 14.3 Å². The number of pyridine rings is 1. The first-order valence-electron chi connectivity index (χ1n) is 6.69. The molecular weight excluding hydrogens is 312 g/mol. The number of fused-ring (bicyclic) bond motifs is 1. The molecule has 0 N–H and O–H groups in total. The first kappa shape index (κ1) is 16.1. The molecule has 22 heavy (non-hydrogen) atoms. The highest BCUT2D eigenvalue weighted by Gasteiger charge is 2.17. The fourth-order valence-electron chi connectivity index (χ4n) is 1.83. The maximum absolute atomic E-state index is 11.9. The van der Waals surface area contributed by atoms with Crippen molar-refractivity contribution >= 4 is 29.2 Å². The minimum absolute atomic E-state index is 0.223. The van der Waals surface area contributed by atoms with Crippen LogP contribution in [0.15, 0.2) is 18.5 Å². The Bertz CT molecular complexity index is 698. The number of esters is 2. The molecule has 0 spiro atoms. The molecule has 0 radical (unpaired) electrons. The van der Waals surface area contributed by atoms with E-state index in [1.165, 1.54) is 22.9 Å². The molecule has 0 saturated carbocycles. The molecular formula is C14H15ClN2O5. The summed E-state index contributed by atoms with van der Waals surface area (Å²) >= 11 is 6.01. The van der Waals surface area contributed by atoms with Crippen LogP contribution in [0.3, 0.4) is 0 Å². The predicted molar refractivity (Wildman–Crippen MR) is 78.3 cm³/mol. The molecule has 7 nitrogen and oxygen atoms in total. The Balaban J connectivity index is 2.31. The molecule has 2 aromatic rings. The molecule has 0 saturated heterocycles. The standard InChI is InChI=1S/C14H15ClN2O5/c1-3-20-12(18)8-22-11-5-9(15)7-17-10(6-16-13(11)17)14(19)21-4-2/h5-7H,3-4,8H2,1-2H3. The van der Waals surface area contributed by atoms with Crippen LogP contribution in [-0.4, -0.2) is 41.1 Å². The van der Waals surface area contributed by atoms with Crippen molar-refractivity contribution in [3.63, 3.8) is 0 Å². The van der Waals surface area contributed by atoms with Crippen molar-refractivity contribution < 1.29 is 23.8 Å².